The van der Waals surface area contributed by atoms with Crippen molar-refractivity contribution >= 4 is 23.2 Å². The summed E-state index contributed by atoms with van der Waals surface area (Å²) >= 11 is 1.42. The van der Waals surface area contributed by atoms with E-state index in [1.54, 1.807) is 11.0 Å². The normalized spacial score (nSPS) is 13.9. The maximum absolute atomic E-state index is 12.3. The number of hydrogen-bond acceptors (Lipinski definition) is 3. The van der Waals surface area contributed by atoms with E-state index in [0.717, 1.165) is 17.5 Å². The first-order valence-corrected chi connectivity index (χ1v) is 7.82. The standard InChI is InChI=1S/C16H16N2O2S/c19-15(14-6-3-11-21-14)17-8-10-18-9-7-12-4-1-2-5-13(12)16(18)20/h1-6,11H,7-10H2,(H,17,19). The summed E-state index contributed by atoms with van der Waals surface area (Å²) in [6.07, 6.45) is 0.876. The highest BCUT2D eigenvalue weighted by Gasteiger charge is 2.23. The van der Waals surface area contributed by atoms with Gasteiger partial charge >= 0.3 is 0 Å². The smallest absolute Gasteiger partial charge is 0.261 e. The summed E-state index contributed by atoms with van der Waals surface area (Å²) in [6.45, 7) is 1.74. The number of fused-ring (bicyclic) bond motifs is 1. The minimum atomic E-state index is -0.0742. The molecule has 0 bridgehead atoms. The van der Waals surface area contributed by atoms with Crippen LogP contribution in [0.25, 0.3) is 0 Å². The molecule has 1 N–H and O–H groups in total. The van der Waals surface area contributed by atoms with Gasteiger partial charge in [-0.05, 0) is 29.5 Å². The van der Waals surface area contributed by atoms with Crippen LogP contribution in [0.2, 0.25) is 0 Å². The van der Waals surface area contributed by atoms with E-state index in [2.05, 4.69) is 5.32 Å². The Labute approximate surface area is 127 Å². The van der Waals surface area contributed by atoms with E-state index in [0.29, 0.717) is 24.5 Å². The molecule has 1 aromatic carbocycles. The number of rotatable bonds is 4. The highest BCUT2D eigenvalue weighted by Crippen LogP contribution is 2.18. The minimum absolute atomic E-state index is 0.0576. The third-order valence-corrected chi connectivity index (χ3v) is 4.47. The van der Waals surface area contributed by atoms with Crippen LogP contribution in [-0.4, -0.2) is 36.3 Å². The first kappa shape index (κ1) is 13.8. The van der Waals surface area contributed by atoms with Crippen molar-refractivity contribution in [2.24, 2.45) is 0 Å². The Hall–Kier alpha value is -2.14. The van der Waals surface area contributed by atoms with Gasteiger partial charge in [0.25, 0.3) is 11.8 Å². The molecule has 108 valence electrons. The molecule has 0 spiro atoms. The Morgan fingerprint density at radius 2 is 2.10 bits per heavy atom. The Morgan fingerprint density at radius 1 is 1.24 bits per heavy atom. The van der Waals surface area contributed by atoms with Crippen LogP contribution in [0.3, 0.4) is 0 Å². The fourth-order valence-electron chi connectivity index (χ4n) is 2.49. The molecule has 5 heteroatoms. The average molecular weight is 300 g/mol. The number of nitrogens with one attached hydrogen (secondary N) is 1. The Bertz CT molecular complexity index is 652. The molecule has 0 saturated carbocycles. The molecule has 0 aliphatic carbocycles. The third kappa shape index (κ3) is 2.97. The van der Waals surface area contributed by atoms with Crippen molar-refractivity contribution in [3.8, 4) is 0 Å². The summed E-state index contributed by atoms with van der Waals surface area (Å²) in [5.41, 5.74) is 1.90. The Balaban J connectivity index is 1.55. The average Bonchev–Trinajstić information content (AvgIpc) is 3.04. The second kappa shape index (κ2) is 6.10. The van der Waals surface area contributed by atoms with Crippen LogP contribution < -0.4 is 5.32 Å². The lowest BCUT2D eigenvalue weighted by Gasteiger charge is -2.28. The van der Waals surface area contributed by atoms with E-state index in [1.165, 1.54) is 11.3 Å². The van der Waals surface area contributed by atoms with Crippen molar-refractivity contribution in [2.45, 2.75) is 6.42 Å². The van der Waals surface area contributed by atoms with Crippen LogP contribution in [0.1, 0.15) is 25.6 Å². The molecule has 21 heavy (non-hydrogen) atoms. The summed E-state index contributed by atoms with van der Waals surface area (Å²) < 4.78 is 0. The van der Waals surface area contributed by atoms with Gasteiger partial charge in [-0.1, -0.05) is 24.3 Å². The largest absolute Gasteiger partial charge is 0.350 e. The maximum Gasteiger partial charge on any atom is 0.261 e. The van der Waals surface area contributed by atoms with Crippen LogP contribution in [0.5, 0.6) is 0 Å². The molecular formula is C16H16N2O2S. The number of benzene rings is 1. The van der Waals surface area contributed by atoms with Gasteiger partial charge in [0.2, 0.25) is 0 Å². The van der Waals surface area contributed by atoms with Crippen LogP contribution in [0.15, 0.2) is 41.8 Å². The van der Waals surface area contributed by atoms with E-state index < -0.39 is 0 Å². The highest BCUT2D eigenvalue weighted by atomic mass is 32.1. The molecule has 0 saturated heterocycles. The molecule has 1 aliphatic rings. The van der Waals surface area contributed by atoms with E-state index in [-0.39, 0.29) is 11.8 Å². The summed E-state index contributed by atoms with van der Waals surface area (Å²) in [5.74, 6) is -0.0166. The maximum atomic E-state index is 12.3. The van der Waals surface area contributed by atoms with Gasteiger partial charge in [0.05, 0.1) is 4.88 Å². The minimum Gasteiger partial charge on any atom is -0.350 e. The van der Waals surface area contributed by atoms with Crippen LogP contribution >= 0.6 is 11.3 Å². The third-order valence-electron chi connectivity index (χ3n) is 3.60. The van der Waals surface area contributed by atoms with Crippen molar-refractivity contribution < 1.29 is 9.59 Å². The highest BCUT2D eigenvalue weighted by molar-refractivity contribution is 7.12. The lowest BCUT2D eigenvalue weighted by atomic mass is 9.99. The van der Waals surface area contributed by atoms with Gasteiger partial charge in [0.15, 0.2) is 0 Å². The zero-order valence-corrected chi connectivity index (χ0v) is 12.4. The zero-order chi connectivity index (χ0) is 14.7. The quantitative estimate of drug-likeness (QED) is 0.941. The van der Waals surface area contributed by atoms with Gasteiger partial charge in [-0.3, -0.25) is 9.59 Å². The van der Waals surface area contributed by atoms with Crippen LogP contribution in [-0.2, 0) is 6.42 Å². The van der Waals surface area contributed by atoms with Gasteiger partial charge in [-0.25, -0.2) is 0 Å². The fraction of sp³-hybridized carbons (Fsp3) is 0.250. The zero-order valence-electron chi connectivity index (χ0n) is 11.5. The number of thiophene rings is 1. The molecular weight excluding hydrogens is 284 g/mol. The second-order valence-corrected chi connectivity index (χ2v) is 5.88. The van der Waals surface area contributed by atoms with E-state index in [4.69, 9.17) is 0 Å². The molecule has 2 amide bonds. The topological polar surface area (TPSA) is 49.4 Å². The van der Waals surface area contributed by atoms with Crippen molar-refractivity contribution in [1.82, 2.24) is 10.2 Å². The summed E-state index contributed by atoms with van der Waals surface area (Å²) in [7, 11) is 0. The molecule has 1 aliphatic heterocycles. The number of hydrogen-bond donors (Lipinski definition) is 1. The number of amides is 2. The SMILES string of the molecule is O=C(NCCN1CCc2ccccc2C1=O)c1cccs1. The van der Waals surface area contributed by atoms with Gasteiger partial charge < -0.3 is 10.2 Å². The molecule has 2 heterocycles. The van der Waals surface area contributed by atoms with Gasteiger partial charge in [0.1, 0.15) is 0 Å². The van der Waals surface area contributed by atoms with Crippen molar-refractivity contribution in [3.63, 3.8) is 0 Å². The molecule has 1 aromatic heterocycles. The lowest BCUT2D eigenvalue weighted by Crippen LogP contribution is -2.42. The molecule has 0 fully saturated rings. The fourth-order valence-corrected chi connectivity index (χ4v) is 3.13. The lowest BCUT2D eigenvalue weighted by molar-refractivity contribution is 0.0733. The first-order chi connectivity index (χ1) is 10.3. The Morgan fingerprint density at radius 3 is 2.90 bits per heavy atom. The Kier molecular flexibility index (Phi) is 4.01. The van der Waals surface area contributed by atoms with E-state index >= 15 is 0 Å². The molecule has 2 aromatic rings. The van der Waals surface area contributed by atoms with Crippen molar-refractivity contribution in [3.05, 3.63) is 57.8 Å². The van der Waals surface area contributed by atoms with Crippen LogP contribution in [0.4, 0.5) is 0 Å². The molecule has 0 atom stereocenters. The predicted octanol–water partition coefficient (Wildman–Crippen LogP) is 2.18. The van der Waals surface area contributed by atoms with Gasteiger partial charge in [0, 0.05) is 25.2 Å². The van der Waals surface area contributed by atoms with Gasteiger partial charge in [-0.15, -0.1) is 11.3 Å². The number of carbonyl (C=O) groups excluding carboxylic acids is 2. The molecule has 4 nitrogen and oxygen atoms in total. The summed E-state index contributed by atoms with van der Waals surface area (Å²) in [6, 6.07) is 11.4. The van der Waals surface area contributed by atoms with E-state index in [9.17, 15) is 9.59 Å². The monoisotopic (exact) mass is 300 g/mol. The van der Waals surface area contributed by atoms with Crippen LogP contribution in [0, 0.1) is 0 Å². The number of nitrogens with zero attached hydrogens (tertiary/aromatic N) is 1. The van der Waals surface area contributed by atoms with Crippen molar-refractivity contribution in [2.75, 3.05) is 19.6 Å². The van der Waals surface area contributed by atoms with Crippen molar-refractivity contribution in [1.29, 1.82) is 0 Å². The summed E-state index contributed by atoms with van der Waals surface area (Å²) in [4.78, 5) is 26.7. The second-order valence-electron chi connectivity index (χ2n) is 4.93. The molecule has 0 radical (unpaired) electrons. The molecule has 0 unspecified atom stereocenters. The summed E-state index contributed by atoms with van der Waals surface area (Å²) in [5, 5.41) is 4.73. The predicted molar refractivity (Wildman–Crippen MR) is 82.7 cm³/mol. The molecule has 3 rings (SSSR count). The first-order valence-electron chi connectivity index (χ1n) is 6.94. The van der Waals surface area contributed by atoms with E-state index in [1.807, 2.05) is 35.7 Å². The number of carbonyl (C=O) groups is 2. The van der Waals surface area contributed by atoms with Gasteiger partial charge in [-0.2, -0.15) is 0 Å².